The highest BCUT2D eigenvalue weighted by Gasteiger charge is 2.26. The molecule has 0 bridgehead atoms. The number of carbonyl (C=O) groups is 2. The number of ether oxygens (including phenoxy) is 1. The van der Waals surface area contributed by atoms with Gasteiger partial charge < -0.3 is 14.7 Å². The van der Waals surface area contributed by atoms with Gasteiger partial charge in [-0.05, 0) is 43.9 Å². The molecule has 22 heavy (non-hydrogen) atoms. The first-order chi connectivity index (χ1) is 10.6. The van der Waals surface area contributed by atoms with E-state index in [1.54, 1.807) is 0 Å². The van der Waals surface area contributed by atoms with Crippen molar-refractivity contribution in [3.8, 4) is 0 Å². The van der Waals surface area contributed by atoms with Crippen LogP contribution in [-0.4, -0.2) is 36.7 Å². The summed E-state index contributed by atoms with van der Waals surface area (Å²) >= 11 is 0. The molecule has 1 aliphatic heterocycles. The normalized spacial score (nSPS) is 15.6. The monoisotopic (exact) mass is 305 g/mol. The average molecular weight is 305 g/mol. The number of aliphatic carboxylic acids is 1. The van der Waals surface area contributed by atoms with Gasteiger partial charge in [-0.1, -0.05) is 12.1 Å². The summed E-state index contributed by atoms with van der Waals surface area (Å²) in [7, 11) is 0. The number of benzene rings is 1. The van der Waals surface area contributed by atoms with E-state index in [-0.39, 0.29) is 18.3 Å². The first kappa shape index (κ1) is 16.3. The first-order valence-corrected chi connectivity index (χ1v) is 7.82. The lowest BCUT2D eigenvalue weighted by atomic mass is 9.96. The van der Waals surface area contributed by atoms with Crippen LogP contribution in [0.3, 0.4) is 0 Å². The fourth-order valence-electron chi connectivity index (χ4n) is 2.79. The molecule has 2 rings (SSSR count). The van der Waals surface area contributed by atoms with E-state index in [4.69, 9.17) is 9.84 Å². The minimum absolute atomic E-state index is 0.00592. The van der Waals surface area contributed by atoms with Crippen molar-refractivity contribution in [1.29, 1.82) is 0 Å². The Balaban J connectivity index is 1.92. The van der Waals surface area contributed by atoms with Gasteiger partial charge in [-0.3, -0.25) is 9.59 Å². The zero-order valence-electron chi connectivity index (χ0n) is 13.0. The summed E-state index contributed by atoms with van der Waals surface area (Å²) < 4.78 is 5.08. The molecule has 1 N–H and O–H groups in total. The van der Waals surface area contributed by atoms with E-state index in [1.807, 2.05) is 31.2 Å². The van der Waals surface area contributed by atoms with Crippen molar-refractivity contribution >= 4 is 17.6 Å². The van der Waals surface area contributed by atoms with Gasteiger partial charge in [-0.15, -0.1) is 0 Å². The van der Waals surface area contributed by atoms with Crippen LogP contribution < -0.4 is 4.90 Å². The van der Waals surface area contributed by atoms with Gasteiger partial charge in [0.05, 0.1) is 12.5 Å². The van der Waals surface area contributed by atoms with Crippen molar-refractivity contribution in [3.05, 3.63) is 29.8 Å². The predicted octanol–water partition coefficient (Wildman–Crippen LogP) is 2.48. The van der Waals surface area contributed by atoms with Crippen molar-refractivity contribution in [2.75, 3.05) is 24.6 Å². The molecule has 0 radical (unpaired) electrons. The molecule has 1 heterocycles. The maximum absolute atomic E-state index is 11.7. The first-order valence-electron chi connectivity index (χ1n) is 7.82. The van der Waals surface area contributed by atoms with Crippen LogP contribution in [0.1, 0.15) is 31.7 Å². The Kier molecular flexibility index (Phi) is 5.81. The van der Waals surface area contributed by atoms with E-state index >= 15 is 0 Å². The highest BCUT2D eigenvalue weighted by Crippen LogP contribution is 2.25. The molecule has 0 amide bonds. The quantitative estimate of drug-likeness (QED) is 0.818. The number of aryl methyl sites for hydroxylation is 1. The van der Waals surface area contributed by atoms with E-state index in [2.05, 4.69) is 4.90 Å². The number of carbonyl (C=O) groups excluding carboxylic acids is 1. The molecule has 0 spiro atoms. The van der Waals surface area contributed by atoms with Gasteiger partial charge in [-0.2, -0.15) is 0 Å². The molecule has 0 unspecified atom stereocenters. The van der Waals surface area contributed by atoms with Crippen molar-refractivity contribution in [3.63, 3.8) is 0 Å². The molecule has 1 saturated heterocycles. The summed E-state index contributed by atoms with van der Waals surface area (Å²) in [6.07, 6.45) is 2.30. The van der Waals surface area contributed by atoms with Crippen molar-refractivity contribution in [2.24, 2.45) is 5.92 Å². The number of hydrogen-bond acceptors (Lipinski definition) is 4. The minimum Gasteiger partial charge on any atom is -0.481 e. The number of esters is 1. The highest BCUT2D eigenvalue weighted by molar-refractivity contribution is 5.73. The van der Waals surface area contributed by atoms with Crippen LogP contribution in [0.4, 0.5) is 5.69 Å². The van der Waals surface area contributed by atoms with Gasteiger partial charge in [-0.25, -0.2) is 0 Å². The molecule has 120 valence electrons. The van der Waals surface area contributed by atoms with Gasteiger partial charge >= 0.3 is 11.9 Å². The second-order valence-electron chi connectivity index (χ2n) is 5.58. The maximum atomic E-state index is 11.7. The van der Waals surface area contributed by atoms with Crippen LogP contribution in [-0.2, 0) is 20.7 Å². The molecule has 5 heteroatoms. The Morgan fingerprint density at radius 1 is 1.32 bits per heavy atom. The molecule has 1 fully saturated rings. The minimum atomic E-state index is -0.777. The van der Waals surface area contributed by atoms with E-state index in [9.17, 15) is 9.59 Å². The van der Waals surface area contributed by atoms with Gasteiger partial charge in [0.25, 0.3) is 0 Å². The van der Waals surface area contributed by atoms with Crippen LogP contribution in [0.25, 0.3) is 0 Å². The topological polar surface area (TPSA) is 66.8 Å². The molecule has 5 nitrogen and oxygen atoms in total. The van der Waals surface area contributed by atoms with Crippen molar-refractivity contribution < 1.29 is 19.4 Å². The Bertz CT molecular complexity index is 521. The Hall–Kier alpha value is -2.04. The lowest BCUT2D eigenvalue weighted by Crippen LogP contribution is -2.37. The smallest absolute Gasteiger partial charge is 0.309 e. The zero-order chi connectivity index (χ0) is 15.9. The van der Waals surface area contributed by atoms with E-state index in [0.717, 1.165) is 37.2 Å². The van der Waals surface area contributed by atoms with E-state index in [1.165, 1.54) is 0 Å². The third kappa shape index (κ3) is 4.48. The number of carboxylic acids is 1. The SMILES string of the molecule is CCOC(=O)C1CCN(c2cccc(CCC(=O)O)c2)CC1. The van der Waals surface area contributed by atoms with Crippen LogP contribution in [0, 0.1) is 5.92 Å². The van der Waals surface area contributed by atoms with Gasteiger partial charge in [0.2, 0.25) is 0 Å². The Morgan fingerprint density at radius 3 is 2.68 bits per heavy atom. The highest BCUT2D eigenvalue weighted by atomic mass is 16.5. The molecule has 0 aliphatic carbocycles. The third-order valence-electron chi connectivity index (χ3n) is 4.02. The largest absolute Gasteiger partial charge is 0.481 e. The molecule has 0 saturated carbocycles. The standard InChI is InChI=1S/C17H23NO4/c1-2-22-17(21)14-8-10-18(11-9-14)15-5-3-4-13(12-15)6-7-16(19)20/h3-5,12,14H,2,6-11H2,1H3,(H,19,20). The van der Waals surface area contributed by atoms with E-state index in [0.29, 0.717) is 13.0 Å². The summed E-state index contributed by atoms with van der Waals surface area (Å²) in [4.78, 5) is 24.7. The molecule has 1 aliphatic rings. The van der Waals surface area contributed by atoms with Gasteiger partial charge in [0.1, 0.15) is 0 Å². The van der Waals surface area contributed by atoms with E-state index < -0.39 is 5.97 Å². The van der Waals surface area contributed by atoms with Crippen LogP contribution in [0.2, 0.25) is 0 Å². The summed E-state index contributed by atoms with van der Waals surface area (Å²) in [6, 6.07) is 8.00. The summed E-state index contributed by atoms with van der Waals surface area (Å²) in [5.74, 6) is -0.857. The predicted molar refractivity (Wildman–Crippen MR) is 84.0 cm³/mol. The fourth-order valence-corrected chi connectivity index (χ4v) is 2.79. The lowest BCUT2D eigenvalue weighted by Gasteiger charge is -2.32. The molecule has 1 aromatic rings. The third-order valence-corrected chi connectivity index (χ3v) is 4.02. The number of rotatable bonds is 6. The number of hydrogen-bond donors (Lipinski definition) is 1. The average Bonchev–Trinajstić information content (AvgIpc) is 2.53. The summed E-state index contributed by atoms with van der Waals surface area (Å²) in [5.41, 5.74) is 2.14. The number of anilines is 1. The van der Waals surface area contributed by atoms with Crippen molar-refractivity contribution in [1.82, 2.24) is 0 Å². The van der Waals surface area contributed by atoms with Crippen molar-refractivity contribution in [2.45, 2.75) is 32.6 Å². The van der Waals surface area contributed by atoms with Gasteiger partial charge in [0, 0.05) is 25.2 Å². The number of carboxylic acid groups (broad SMARTS) is 1. The molecular weight excluding hydrogens is 282 g/mol. The lowest BCUT2D eigenvalue weighted by molar-refractivity contribution is -0.148. The molecule has 0 atom stereocenters. The van der Waals surface area contributed by atoms with Crippen LogP contribution in [0.5, 0.6) is 0 Å². The summed E-state index contributed by atoms with van der Waals surface area (Å²) in [6.45, 7) is 3.91. The Labute approximate surface area is 130 Å². The maximum Gasteiger partial charge on any atom is 0.309 e. The molecule has 0 aromatic heterocycles. The second-order valence-corrected chi connectivity index (χ2v) is 5.58. The van der Waals surface area contributed by atoms with Crippen LogP contribution in [0.15, 0.2) is 24.3 Å². The zero-order valence-corrected chi connectivity index (χ0v) is 13.0. The van der Waals surface area contributed by atoms with Gasteiger partial charge in [0.15, 0.2) is 0 Å². The molecular formula is C17H23NO4. The summed E-state index contributed by atoms with van der Waals surface area (Å²) in [5, 5.41) is 8.76. The molecule has 1 aromatic carbocycles. The van der Waals surface area contributed by atoms with Crippen LogP contribution >= 0.6 is 0 Å². The number of piperidine rings is 1. The fraction of sp³-hybridized carbons (Fsp3) is 0.529. The Morgan fingerprint density at radius 2 is 2.05 bits per heavy atom. The second kappa shape index (κ2) is 7.82. The number of nitrogens with zero attached hydrogens (tertiary/aromatic N) is 1.